The minimum Gasteiger partial charge on any atom is -0.330 e. The third-order valence-electron chi connectivity index (χ3n) is 2.73. The van der Waals surface area contributed by atoms with Crippen molar-refractivity contribution in [3.8, 4) is 0 Å². The number of fused-ring (bicyclic) bond motifs is 1. The minimum atomic E-state index is 0.664. The molecule has 3 nitrogen and oxygen atoms in total. The molecule has 0 bridgehead atoms. The summed E-state index contributed by atoms with van der Waals surface area (Å²) in [7, 11) is 2.02. The van der Waals surface area contributed by atoms with Gasteiger partial charge in [0.2, 0.25) is 0 Å². The molecule has 0 fully saturated rings. The zero-order valence-electron chi connectivity index (χ0n) is 7.45. The van der Waals surface area contributed by atoms with Crippen LogP contribution in [-0.2, 0) is 13.5 Å². The van der Waals surface area contributed by atoms with Crippen LogP contribution in [0.5, 0.6) is 0 Å². The molecule has 0 aromatic carbocycles. The molecule has 1 unspecified atom stereocenters. The lowest BCUT2D eigenvalue weighted by molar-refractivity contribution is 0.570. The van der Waals surface area contributed by atoms with E-state index in [1.165, 1.54) is 24.1 Å². The molecule has 0 aliphatic heterocycles. The van der Waals surface area contributed by atoms with Crippen molar-refractivity contribution in [3.63, 3.8) is 0 Å². The lowest BCUT2D eigenvalue weighted by Crippen LogP contribution is -2.08. The summed E-state index contributed by atoms with van der Waals surface area (Å²) in [5.41, 5.74) is 8.40. The molecule has 0 radical (unpaired) electrons. The second-order valence-electron chi connectivity index (χ2n) is 3.49. The van der Waals surface area contributed by atoms with Gasteiger partial charge in [0, 0.05) is 18.7 Å². The summed E-state index contributed by atoms with van der Waals surface area (Å²) in [5.74, 6) is 0.664. The van der Waals surface area contributed by atoms with E-state index >= 15 is 0 Å². The van der Waals surface area contributed by atoms with E-state index in [-0.39, 0.29) is 0 Å². The molecule has 2 N–H and O–H groups in total. The number of nitrogens with zero attached hydrogens (tertiary/aromatic N) is 2. The number of aromatic nitrogens is 2. The number of hydrogen-bond acceptors (Lipinski definition) is 2. The second kappa shape index (κ2) is 2.90. The molecule has 0 amide bonds. The highest BCUT2D eigenvalue weighted by molar-refractivity contribution is 5.27. The van der Waals surface area contributed by atoms with Crippen molar-refractivity contribution in [1.82, 2.24) is 9.78 Å². The van der Waals surface area contributed by atoms with Crippen LogP contribution in [-0.4, -0.2) is 16.3 Å². The topological polar surface area (TPSA) is 43.8 Å². The molecule has 2 rings (SSSR count). The fraction of sp³-hybridized carbons (Fsp3) is 0.667. The van der Waals surface area contributed by atoms with Gasteiger partial charge in [-0.2, -0.15) is 5.10 Å². The Morgan fingerprint density at radius 1 is 1.75 bits per heavy atom. The maximum Gasteiger partial charge on any atom is 0.0524 e. The van der Waals surface area contributed by atoms with Crippen molar-refractivity contribution in [2.45, 2.75) is 25.2 Å². The van der Waals surface area contributed by atoms with Crippen LogP contribution in [0.1, 0.15) is 30.0 Å². The summed E-state index contributed by atoms with van der Waals surface area (Å²) < 4.78 is 2.00. The van der Waals surface area contributed by atoms with Crippen LogP contribution in [0.25, 0.3) is 0 Å². The first-order valence-corrected chi connectivity index (χ1v) is 4.53. The zero-order valence-corrected chi connectivity index (χ0v) is 7.45. The van der Waals surface area contributed by atoms with Crippen molar-refractivity contribution in [3.05, 3.63) is 17.5 Å². The minimum absolute atomic E-state index is 0.664. The Morgan fingerprint density at radius 2 is 2.58 bits per heavy atom. The fourth-order valence-corrected chi connectivity index (χ4v) is 2.16. The van der Waals surface area contributed by atoms with E-state index in [9.17, 15) is 0 Å². The first-order chi connectivity index (χ1) is 5.83. The molecule has 1 aromatic rings. The van der Waals surface area contributed by atoms with Gasteiger partial charge in [0.05, 0.1) is 6.20 Å². The first kappa shape index (κ1) is 7.80. The molecule has 1 aliphatic carbocycles. The Kier molecular flexibility index (Phi) is 1.89. The Morgan fingerprint density at radius 3 is 3.33 bits per heavy atom. The van der Waals surface area contributed by atoms with Gasteiger partial charge in [0.1, 0.15) is 0 Å². The Balaban J connectivity index is 2.27. The Labute approximate surface area is 72.6 Å². The van der Waals surface area contributed by atoms with Crippen molar-refractivity contribution in [2.24, 2.45) is 12.8 Å². The molecule has 0 saturated carbocycles. The van der Waals surface area contributed by atoms with Gasteiger partial charge in [0.15, 0.2) is 0 Å². The largest absolute Gasteiger partial charge is 0.330 e. The van der Waals surface area contributed by atoms with E-state index in [0.29, 0.717) is 5.92 Å². The van der Waals surface area contributed by atoms with Gasteiger partial charge < -0.3 is 5.73 Å². The van der Waals surface area contributed by atoms with Crippen LogP contribution in [0.4, 0.5) is 0 Å². The van der Waals surface area contributed by atoms with Crippen LogP contribution in [0, 0.1) is 0 Å². The maximum absolute atomic E-state index is 5.55. The molecule has 1 aliphatic rings. The summed E-state index contributed by atoms with van der Waals surface area (Å²) in [5, 5.41) is 4.25. The Hall–Kier alpha value is -0.830. The molecule has 0 spiro atoms. The monoisotopic (exact) mass is 165 g/mol. The second-order valence-corrected chi connectivity index (χ2v) is 3.49. The molecule has 1 atom stereocenters. The summed E-state index contributed by atoms with van der Waals surface area (Å²) in [6, 6.07) is 0. The van der Waals surface area contributed by atoms with Crippen LogP contribution in [0.2, 0.25) is 0 Å². The van der Waals surface area contributed by atoms with E-state index in [4.69, 9.17) is 5.73 Å². The molecule has 66 valence electrons. The molecule has 1 aromatic heterocycles. The van der Waals surface area contributed by atoms with Crippen molar-refractivity contribution < 1.29 is 0 Å². The average molecular weight is 165 g/mol. The van der Waals surface area contributed by atoms with Crippen LogP contribution < -0.4 is 5.73 Å². The van der Waals surface area contributed by atoms with Gasteiger partial charge in [-0.15, -0.1) is 0 Å². The summed E-state index contributed by atoms with van der Waals surface area (Å²) in [6.45, 7) is 0.787. The average Bonchev–Trinajstić information content (AvgIpc) is 2.58. The lowest BCUT2D eigenvalue weighted by Gasteiger charge is -2.09. The van der Waals surface area contributed by atoms with Gasteiger partial charge in [-0.1, -0.05) is 0 Å². The molecule has 0 saturated heterocycles. The highest BCUT2D eigenvalue weighted by Crippen LogP contribution is 2.34. The van der Waals surface area contributed by atoms with E-state index in [2.05, 4.69) is 5.10 Å². The third-order valence-corrected chi connectivity index (χ3v) is 2.73. The number of hydrogen-bond donors (Lipinski definition) is 1. The lowest BCUT2D eigenvalue weighted by atomic mass is 10.0. The molecular weight excluding hydrogens is 150 g/mol. The SMILES string of the molecule is Cn1ncc2c1C(CCN)CC2. The summed E-state index contributed by atoms with van der Waals surface area (Å²) in [4.78, 5) is 0. The smallest absolute Gasteiger partial charge is 0.0524 e. The van der Waals surface area contributed by atoms with E-state index < -0.39 is 0 Å². The fourth-order valence-electron chi connectivity index (χ4n) is 2.16. The normalized spacial score (nSPS) is 21.3. The van der Waals surface area contributed by atoms with Crippen LogP contribution in [0.15, 0.2) is 6.20 Å². The number of nitrogens with two attached hydrogens (primary N) is 1. The first-order valence-electron chi connectivity index (χ1n) is 4.53. The highest BCUT2D eigenvalue weighted by atomic mass is 15.3. The molecule has 12 heavy (non-hydrogen) atoms. The van der Waals surface area contributed by atoms with Gasteiger partial charge >= 0.3 is 0 Å². The van der Waals surface area contributed by atoms with Gasteiger partial charge in [-0.3, -0.25) is 4.68 Å². The number of rotatable bonds is 2. The van der Waals surface area contributed by atoms with Gasteiger partial charge in [-0.25, -0.2) is 0 Å². The van der Waals surface area contributed by atoms with Crippen molar-refractivity contribution in [2.75, 3.05) is 6.54 Å². The molecular formula is C9H15N3. The highest BCUT2D eigenvalue weighted by Gasteiger charge is 2.25. The Bertz CT molecular complexity index is 277. The van der Waals surface area contributed by atoms with Gasteiger partial charge in [0.25, 0.3) is 0 Å². The van der Waals surface area contributed by atoms with Crippen LogP contribution >= 0.6 is 0 Å². The van der Waals surface area contributed by atoms with E-state index in [1.54, 1.807) is 0 Å². The summed E-state index contributed by atoms with van der Waals surface area (Å²) >= 11 is 0. The quantitative estimate of drug-likeness (QED) is 0.704. The number of aryl methyl sites for hydroxylation is 2. The third kappa shape index (κ3) is 1.05. The van der Waals surface area contributed by atoms with Gasteiger partial charge in [-0.05, 0) is 31.4 Å². The van der Waals surface area contributed by atoms with E-state index in [0.717, 1.165) is 13.0 Å². The maximum atomic E-state index is 5.55. The zero-order chi connectivity index (χ0) is 8.55. The predicted octanol–water partition coefficient (Wildman–Crippen LogP) is 0.799. The molecule has 1 heterocycles. The predicted molar refractivity (Wildman–Crippen MR) is 47.9 cm³/mol. The summed E-state index contributed by atoms with van der Waals surface area (Å²) in [6.07, 6.45) is 5.55. The molecule has 3 heteroatoms. The van der Waals surface area contributed by atoms with E-state index in [1.807, 2.05) is 17.9 Å². The standard InChI is InChI=1S/C9H15N3/c1-12-9-7(4-5-10)2-3-8(9)6-11-12/h6-7H,2-5,10H2,1H3. The van der Waals surface area contributed by atoms with Crippen LogP contribution in [0.3, 0.4) is 0 Å². The van der Waals surface area contributed by atoms with Crippen molar-refractivity contribution >= 4 is 0 Å². The van der Waals surface area contributed by atoms with Crippen molar-refractivity contribution in [1.29, 1.82) is 0 Å².